The summed E-state index contributed by atoms with van der Waals surface area (Å²) in [6, 6.07) is 6.56. The monoisotopic (exact) mass is 440 g/mol. The third-order valence-corrected chi connectivity index (χ3v) is 6.77. The summed E-state index contributed by atoms with van der Waals surface area (Å²) in [6.07, 6.45) is 6.38. The molecule has 1 aromatic carbocycles. The molecule has 2 aliphatic rings. The third-order valence-electron chi connectivity index (χ3n) is 6.77. The Morgan fingerprint density at radius 3 is 2.59 bits per heavy atom. The quantitative estimate of drug-likeness (QED) is 0.583. The van der Waals surface area contributed by atoms with Gasteiger partial charge < -0.3 is 4.90 Å². The number of aromatic nitrogens is 2. The van der Waals surface area contributed by atoms with Gasteiger partial charge in [-0.3, -0.25) is 9.69 Å². The van der Waals surface area contributed by atoms with Gasteiger partial charge in [-0.25, -0.2) is 9.07 Å². The Bertz CT molecular complexity index is 915. The Morgan fingerprint density at radius 1 is 1.22 bits per heavy atom. The molecule has 1 aromatic heterocycles. The lowest BCUT2D eigenvalue weighted by atomic mass is 10.0. The maximum absolute atomic E-state index is 13.5. The first kappa shape index (κ1) is 23.0. The van der Waals surface area contributed by atoms with E-state index < -0.39 is 0 Å². The van der Waals surface area contributed by atoms with Crippen LogP contribution in [-0.2, 0) is 24.3 Å². The van der Waals surface area contributed by atoms with Crippen molar-refractivity contribution in [2.24, 2.45) is 11.8 Å². The summed E-state index contributed by atoms with van der Waals surface area (Å²) in [5.41, 5.74) is 4.34. The SMILES string of the molecule is CCCN1CCc2c(c(CN(CC(C)C)C(=O)C3CCCC3)nn2-c2ccc(F)cc2)C1. The first-order valence-electron chi connectivity index (χ1n) is 12.3. The Kier molecular flexibility index (Phi) is 7.29. The van der Waals surface area contributed by atoms with Crippen molar-refractivity contribution in [3.8, 4) is 5.69 Å². The largest absolute Gasteiger partial charge is 0.336 e. The Hall–Kier alpha value is -2.21. The standard InChI is InChI=1S/C26H37FN4O/c1-4-14-29-15-13-25-23(17-29)24(28-31(25)22-11-9-21(27)10-12-22)18-30(16-19(2)3)26(32)20-7-5-6-8-20/h9-12,19-20H,4-8,13-18H2,1-3H3. The van der Waals surface area contributed by atoms with Gasteiger partial charge in [0.2, 0.25) is 5.91 Å². The number of amides is 1. The highest BCUT2D eigenvalue weighted by Gasteiger charge is 2.31. The molecule has 0 atom stereocenters. The Morgan fingerprint density at radius 2 is 1.94 bits per heavy atom. The van der Waals surface area contributed by atoms with Gasteiger partial charge in [0.1, 0.15) is 5.82 Å². The molecule has 1 aliphatic carbocycles. The van der Waals surface area contributed by atoms with Gasteiger partial charge >= 0.3 is 0 Å². The van der Waals surface area contributed by atoms with Crippen LogP contribution < -0.4 is 0 Å². The summed E-state index contributed by atoms with van der Waals surface area (Å²) in [7, 11) is 0. The average Bonchev–Trinajstić information content (AvgIpc) is 3.42. The van der Waals surface area contributed by atoms with Crippen LogP contribution >= 0.6 is 0 Å². The van der Waals surface area contributed by atoms with Gasteiger partial charge in [0.15, 0.2) is 0 Å². The molecule has 1 aliphatic heterocycles. The van der Waals surface area contributed by atoms with Gasteiger partial charge in [0.25, 0.3) is 0 Å². The fourth-order valence-electron chi connectivity index (χ4n) is 5.26. The molecule has 0 saturated heterocycles. The average molecular weight is 441 g/mol. The van der Waals surface area contributed by atoms with E-state index in [0.29, 0.717) is 18.4 Å². The van der Waals surface area contributed by atoms with Gasteiger partial charge in [-0.05, 0) is 56.0 Å². The number of carbonyl (C=O) groups is 1. The van der Waals surface area contributed by atoms with Crippen LogP contribution in [0.3, 0.4) is 0 Å². The van der Waals surface area contributed by atoms with E-state index in [9.17, 15) is 9.18 Å². The summed E-state index contributed by atoms with van der Waals surface area (Å²) in [4.78, 5) is 17.9. The van der Waals surface area contributed by atoms with Crippen LogP contribution in [0.1, 0.15) is 69.8 Å². The van der Waals surface area contributed by atoms with Gasteiger partial charge in [0.05, 0.1) is 23.6 Å². The van der Waals surface area contributed by atoms with E-state index >= 15 is 0 Å². The molecular weight excluding hydrogens is 403 g/mol. The molecule has 0 spiro atoms. The fraction of sp³-hybridized carbons (Fsp3) is 0.615. The van der Waals surface area contributed by atoms with Crippen molar-refractivity contribution in [1.29, 1.82) is 0 Å². The molecule has 5 nitrogen and oxygen atoms in total. The van der Waals surface area contributed by atoms with Crippen molar-refractivity contribution in [1.82, 2.24) is 19.6 Å². The highest BCUT2D eigenvalue weighted by atomic mass is 19.1. The number of hydrogen-bond donors (Lipinski definition) is 0. The number of rotatable bonds is 8. The molecule has 0 N–H and O–H groups in total. The van der Waals surface area contributed by atoms with Crippen molar-refractivity contribution in [2.75, 3.05) is 19.6 Å². The maximum Gasteiger partial charge on any atom is 0.226 e. The van der Waals surface area contributed by atoms with Crippen molar-refractivity contribution >= 4 is 5.91 Å². The van der Waals surface area contributed by atoms with Crippen molar-refractivity contribution in [2.45, 2.75) is 72.4 Å². The molecule has 2 aromatic rings. The minimum atomic E-state index is -0.241. The van der Waals surface area contributed by atoms with Crippen molar-refractivity contribution < 1.29 is 9.18 Å². The molecule has 0 unspecified atom stereocenters. The van der Waals surface area contributed by atoms with Crippen LogP contribution in [0.25, 0.3) is 5.69 Å². The highest BCUT2D eigenvalue weighted by Crippen LogP contribution is 2.30. The van der Waals surface area contributed by atoms with Crippen LogP contribution in [0.4, 0.5) is 4.39 Å². The van der Waals surface area contributed by atoms with E-state index in [0.717, 1.165) is 76.1 Å². The molecule has 32 heavy (non-hydrogen) atoms. The molecule has 1 amide bonds. The van der Waals surface area contributed by atoms with Crippen LogP contribution in [0.2, 0.25) is 0 Å². The van der Waals surface area contributed by atoms with E-state index in [1.165, 1.54) is 23.4 Å². The number of fused-ring (bicyclic) bond motifs is 1. The van der Waals surface area contributed by atoms with Crippen LogP contribution in [0.15, 0.2) is 24.3 Å². The second kappa shape index (κ2) is 10.2. The molecule has 4 rings (SSSR count). The number of hydrogen-bond acceptors (Lipinski definition) is 3. The zero-order valence-corrected chi connectivity index (χ0v) is 19.8. The first-order valence-corrected chi connectivity index (χ1v) is 12.3. The van der Waals surface area contributed by atoms with E-state index in [2.05, 4.69) is 30.6 Å². The molecule has 0 bridgehead atoms. The number of halogens is 1. The van der Waals surface area contributed by atoms with Gasteiger partial charge in [-0.15, -0.1) is 0 Å². The molecule has 6 heteroatoms. The van der Waals surface area contributed by atoms with E-state index in [-0.39, 0.29) is 11.7 Å². The molecular formula is C26H37FN4O. The third kappa shape index (κ3) is 5.06. The van der Waals surface area contributed by atoms with Crippen LogP contribution in [-0.4, -0.2) is 45.1 Å². The summed E-state index contributed by atoms with van der Waals surface area (Å²) in [6.45, 7) is 10.8. The Balaban J connectivity index is 1.67. The van der Waals surface area contributed by atoms with Crippen LogP contribution in [0, 0.1) is 17.7 Å². The Labute approximate surface area is 191 Å². The molecule has 2 heterocycles. The second-order valence-corrected chi connectivity index (χ2v) is 9.88. The maximum atomic E-state index is 13.5. The number of benzene rings is 1. The van der Waals surface area contributed by atoms with Gasteiger partial charge in [-0.1, -0.05) is 33.6 Å². The number of carbonyl (C=O) groups excluding carboxylic acids is 1. The molecule has 1 fully saturated rings. The predicted octanol–water partition coefficient (Wildman–Crippen LogP) is 4.95. The van der Waals surface area contributed by atoms with E-state index in [1.807, 2.05) is 4.68 Å². The zero-order valence-electron chi connectivity index (χ0n) is 19.8. The highest BCUT2D eigenvalue weighted by molar-refractivity contribution is 5.79. The first-order chi connectivity index (χ1) is 15.5. The second-order valence-electron chi connectivity index (χ2n) is 9.88. The fourth-order valence-corrected chi connectivity index (χ4v) is 5.26. The van der Waals surface area contributed by atoms with E-state index in [1.54, 1.807) is 12.1 Å². The lowest BCUT2D eigenvalue weighted by molar-refractivity contribution is -0.136. The minimum Gasteiger partial charge on any atom is -0.336 e. The van der Waals surface area contributed by atoms with Crippen molar-refractivity contribution in [3.05, 3.63) is 47.0 Å². The summed E-state index contributed by atoms with van der Waals surface area (Å²) in [5, 5.41) is 5.02. The van der Waals surface area contributed by atoms with Gasteiger partial charge in [-0.2, -0.15) is 5.10 Å². The smallest absolute Gasteiger partial charge is 0.226 e. The topological polar surface area (TPSA) is 41.4 Å². The van der Waals surface area contributed by atoms with Crippen molar-refractivity contribution in [3.63, 3.8) is 0 Å². The molecule has 0 radical (unpaired) electrons. The normalized spacial score (nSPS) is 17.2. The predicted molar refractivity (Wildman–Crippen MR) is 125 cm³/mol. The van der Waals surface area contributed by atoms with Crippen LogP contribution in [0.5, 0.6) is 0 Å². The van der Waals surface area contributed by atoms with E-state index in [4.69, 9.17) is 5.10 Å². The summed E-state index contributed by atoms with van der Waals surface area (Å²) < 4.78 is 15.5. The summed E-state index contributed by atoms with van der Waals surface area (Å²) >= 11 is 0. The number of nitrogens with zero attached hydrogens (tertiary/aromatic N) is 4. The summed E-state index contributed by atoms with van der Waals surface area (Å²) in [5.74, 6) is 0.629. The minimum absolute atomic E-state index is 0.167. The zero-order chi connectivity index (χ0) is 22.7. The lowest BCUT2D eigenvalue weighted by Crippen LogP contribution is -2.38. The van der Waals surface area contributed by atoms with Gasteiger partial charge in [0, 0.05) is 37.5 Å². The molecule has 174 valence electrons. The molecule has 1 saturated carbocycles. The lowest BCUT2D eigenvalue weighted by Gasteiger charge is -2.29.